The van der Waals surface area contributed by atoms with Crippen LogP contribution in [0.2, 0.25) is 0 Å². The lowest BCUT2D eigenvalue weighted by Crippen LogP contribution is -2.55. The van der Waals surface area contributed by atoms with Crippen molar-refractivity contribution in [1.82, 2.24) is 4.90 Å². The predicted molar refractivity (Wildman–Crippen MR) is 77.8 cm³/mol. The molecular weight excluding hydrogens is 224 g/mol. The Labute approximate surface area is 113 Å². The highest BCUT2D eigenvalue weighted by Crippen LogP contribution is 2.23. The fourth-order valence-corrected chi connectivity index (χ4v) is 3.06. The molecular formula is C15H32N2O. The van der Waals surface area contributed by atoms with Crippen LogP contribution in [-0.4, -0.2) is 42.3 Å². The Morgan fingerprint density at radius 1 is 1.33 bits per heavy atom. The molecule has 0 aromatic heterocycles. The van der Waals surface area contributed by atoms with Crippen LogP contribution in [0.15, 0.2) is 0 Å². The van der Waals surface area contributed by atoms with Crippen molar-refractivity contribution in [1.29, 1.82) is 0 Å². The van der Waals surface area contributed by atoms with Crippen molar-refractivity contribution in [3.8, 4) is 0 Å². The number of hydrogen-bond donors (Lipinski definition) is 1. The van der Waals surface area contributed by atoms with Crippen LogP contribution in [0, 0.1) is 0 Å². The van der Waals surface area contributed by atoms with Crippen LogP contribution in [0.4, 0.5) is 0 Å². The SMILES string of the molecule is CCN(CC)C(C)(C)C(N)CCCC1CCCO1. The molecule has 2 unspecified atom stereocenters. The fraction of sp³-hybridized carbons (Fsp3) is 1.00. The van der Waals surface area contributed by atoms with E-state index in [0.29, 0.717) is 6.10 Å². The van der Waals surface area contributed by atoms with Gasteiger partial charge in [0.15, 0.2) is 0 Å². The van der Waals surface area contributed by atoms with E-state index in [2.05, 4.69) is 32.6 Å². The molecule has 2 N–H and O–H groups in total. The Bertz CT molecular complexity index is 221. The summed E-state index contributed by atoms with van der Waals surface area (Å²) in [6.45, 7) is 12.1. The van der Waals surface area contributed by atoms with E-state index in [1.165, 1.54) is 25.7 Å². The molecule has 1 aliphatic heterocycles. The Hall–Kier alpha value is -0.120. The van der Waals surface area contributed by atoms with Crippen LogP contribution < -0.4 is 5.73 Å². The summed E-state index contributed by atoms with van der Waals surface area (Å²) in [6.07, 6.45) is 6.46. The maximum atomic E-state index is 6.41. The number of ether oxygens (including phenoxy) is 1. The largest absolute Gasteiger partial charge is 0.378 e. The summed E-state index contributed by atoms with van der Waals surface area (Å²) in [5.74, 6) is 0. The van der Waals surface area contributed by atoms with Gasteiger partial charge >= 0.3 is 0 Å². The molecule has 18 heavy (non-hydrogen) atoms. The number of likely N-dealkylation sites (N-methyl/N-ethyl adjacent to an activating group) is 1. The van der Waals surface area contributed by atoms with Crippen LogP contribution in [0.5, 0.6) is 0 Å². The van der Waals surface area contributed by atoms with Crippen molar-refractivity contribution in [3.63, 3.8) is 0 Å². The summed E-state index contributed by atoms with van der Waals surface area (Å²) in [4.78, 5) is 2.46. The Balaban J connectivity index is 2.31. The maximum Gasteiger partial charge on any atom is 0.0576 e. The minimum atomic E-state index is 0.0973. The monoisotopic (exact) mass is 256 g/mol. The highest BCUT2D eigenvalue weighted by Gasteiger charge is 2.31. The first-order valence-corrected chi connectivity index (χ1v) is 7.64. The van der Waals surface area contributed by atoms with E-state index in [0.717, 1.165) is 26.1 Å². The Kier molecular flexibility index (Phi) is 6.61. The number of hydrogen-bond acceptors (Lipinski definition) is 3. The van der Waals surface area contributed by atoms with Gasteiger partial charge in [-0.05, 0) is 59.0 Å². The van der Waals surface area contributed by atoms with Gasteiger partial charge in [-0.1, -0.05) is 13.8 Å². The summed E-state index contributed by atoms with van der Waals surface area (Å²) in [6, 6.07) is 0.249. The highest BCUT2D eigenvalue weighted by atomic mass is 16.5. The van der Waals surface area contributed by atoms with Gasteiger partial charge in [0.25, 0.3) is 0 Å². The average molecular weight is 256 g/mol. The van der Waals surface area contributed by atoms with Crippen LogP contribution in [0.3, 0.4) is 0 Å². The van der Waals surface area contributed by atoms with Crippen molar-refractivity contribution >= 4 is 0 Å². The summed E-state index contributed by atoms with van der Waals surface area (Å²) in [5.41, 5.74) is 6.50. The molecule has 0 bridgehead atoms. The minimum Gasteiger partial charge on any atom is -0.378 e. The van der Waals surface area contributed by atoms with Crippen LogP contribution in [0.25, 0.3) is 0 Å². The summed E-state index contributed by atoms with van der Waals surface area (Å²) in [7, 11) is 0. The average Bonchev–Trinajstić information content (AvgIpc) is 2.83. The third kappa shape index (κ3) is 4.22. The van der Waals surface area contributed by atoms with Gasteiger partial charge in [0.1, 0.15) is 0 Å². The zero-order chi connectivity index (χ0) is 13.6. The summed E-state index contributed by atoms with van der Waals surface area (Å²) in [5, 5.41) is 0. The molecule has 0 spiro atoms. The second kappa shape index (κ2) is 7.46. The first kappa shape index (κ1) is 15.9. The predicted octanol–water partition coefficient (Wildman–Crippen LogP) is 2.78. The van der Waals surface area contributed by atoms with E-state index in [1.807, 2.05) is 0 Å². The van der Waals surface area contributed by atoms with E-state index >= 15 is 0 Å². The van der Waals surface area contributed by atoms with Gasteiger partial charge in [-0.25, -0.2) is 0 Å². The van der Waals surface area contributed by atoms with Crippen molar-refractivity contribution in [2.75, 3.05) is 19.7 Å². The molecule has 1 fully saturated rings. The highest BCUT2D eigenvalue weighted by molar-refractivity contribution is 4.91. The molecule has 0 aromatic rings. The molecule has 3 nitrogen and oxygen atoms in total. The smallest absolute Gasteiger partial charge is 0.0576 e. The van der Waals surface area contributed by atoms with Gasteiger partial charge in [-0.3, -0.25) is 4.90 Å². The quantitative estimate of drug-likeness (QED) is 0.726. The molecule has 0 radical (unpaired) electrons. The van der Waals surface area contributed by atoms with Crippen molar-refractivity contribution in [3.05, 3.63) is 0 Å². The lowest BCUT2D eigenvalue weighted by Gasteiger charge is -2.42. The molecule has 1 aliphatic rings. The topological polar surface area (TPSA) is 38.5 Å². The van der Waals surface area contributed by atoms with Crippen LogP contribution >= 0.6 is 0 Å². The van der Waals surface area contributed by atoms with E-state index in [4.69, 9.17) is 10.5 Å². The molecule has 0 aliphatic carbocycles. The first-order chi connectivity index (χ1) is 8.52. The zero-order valence-electron chi connectivity index (χ0n) is 12.7. The molecule has 2 atom stereocenters. The number of nitrogens with two attached hydrogens (primary N) is 1. The second-order valence-corrected chi connectivity index (χ2v) is 6.00. The standard InChI is InChI=1S/C15H32N2O/c1-5-17(6-2)15(3,4)14(16)11-7-9-13-10-8-12-18-13/h13-14H,5-12,16H2,1-4H3. The van der Waals surface area contributed by atoms with E-state index < -0.39 is 0 Å². The van der Waals surface area contributed by atoms with Crippen molar-refractivity contribution in [2.45, 2.75) is 77.5 Å². The second-order valence-electron chi connectivity index (χ2n) is 6.00. The first-order valence-electron chi connectivity index (χ1n) is 7.64. The third-order valence-electron chi connectivity index (χ3n) is 4.55. The normalized spacial score (nSPS) is 22.7. The Morgan fingerprint density at radius 2 is 2.00 bits per heavy atom. The molecule has 1 saturated heterocycles. The molecule has 3 heteroatoms. The minimum absolute atomic E-state index is 0.0973. The molecule has 0 aromatic carbocycles. The van der Waals surface area contributed by atoms with Crippen molar-refractivity contribution < 1.29 is 4.74 Å². The molecule has 1 rings (SSSR count). The van der Waals surface area contributed by atoms with Gasteiger partial charge in [-0.2, -0.15) is 0 Å². The fourth-order valence-electron chi connectivity index (χ4n) is 3.06. The van der Waals surface area contributed by atoms with E-state index in [-0.39, 0.29) is 11.6 Å². The van der Waals surface area contributed by atoms with Gasteiger partial charge in [0, 0.05) is 18.2 Å². The molecule has 1 heterocycles. The van der Waals surface area contributed by atoms with Gasteiger partial charge < -0.3 is 10.5 Å². The van der Waals surface area contributed by atoms with Crippen LogP contribution in [0.1, 0.15) is 59.8 Å². The summed E-state index contributed by atoms with van der Waals surface area (Å²) < 4.78 is 5.66. The van der Waals surface area contributed by atoms with Crippen molar-refractivity contribution in [2.24, 2.45) is 5.73 Å². The van der Waals surface area contributed by atoms with E-state index in [1.54, 1.807) is 0 Å². The van der Waals surface area contributed by atoms with Gasteiger partial charge in [0.05, 0.1) is 6.10 Å². The number of rotatable bonds is 8. The van der Waals surface area contributed by atoms with Crippen LogP contribution in [-0.2, 0) is 4.74 Å². The molecule has 0 amide bonds. The Morgan fingerprint density at radius 3 is 2.50 bits per heavy atom. The number of nitrogens with zero attached hydrogens (tertiary/aromatic N) is 1. The zero-order valence-corrected chi connectivity index (χ0v) is 12.7. The van der Waals surface area contributed by atoms with E-state index in [9.17, 15) is 0 Å². The third-order valence-corrected chi connectivity index (χ3v) is 4.55. The summed E-state index contributed by atoms with van der Waals surface area (Å²) >= 11 is 0. The lowest BCUT2D eigenvalue weighted by molar-refractivity contribution is 0.0877. The van der Waals surface area contributed by atoms with Gasteiger partial charge in [0.2, 0.25) is 0 Å². The molecule has 0 saturated carbocycles. The molecule has 108 valence electrons. The lowest BCUT2D eigenvalue weighted by atomic mass is 9.88. The van der Waals surface area contributed by atoms with Gasteiger partial charge in [-0.15, -0.1) is 0 Å². The maximum absolute atomic E-state index is 6.41.